The Morgan fingerprint density at radius 2 is 0.714 bits per heavy atom. The molecular weight excluding hydrogens is 635 g/mol. The van der Waals surface area contributed by atoms with E-state index in [1.165, 1.54) is 0 Å². The number of hydrogen-bond donors (Lipinski definition) is 2. The van der Waals surface area contributed by atoms with E-state index < -0.39 is 122 Å². The maximum Gasteiger partial charge on any atom is 0.422 e. The van der Waals surface area contributed by atoms with Crippen LogP contribution in [0, 0.1) is 46.5 Å². The molecule has 0 amide bonds. The number of ether oxygens (including phenoxy) is 2. The number of anilines is 2. The molecule has 0 unspecified atom stereocenters. The minimum Gasteiger partial charge on any atom is -0.450 e. The Balaban J connectivity index is 2.31. The third kappa shape index (κ3) is 5.33. The van der Waals surface area contributed by atoms with Gasteiger partial charge in [0.1, 0.15) is 22.4 Å². The summed E-state index contributed by atoms with van der Waals surface area (Å²) in [5, 5.41) is 0. The third-order valence-electron chi connectivity index (χ3n) is 5.04. The highest BCUT2D eigenvalue weighted by atomic mass is 19.4. The molecule has 0 aliphatic heterocycles. The summed E-state index contributed by atoms with van der Waals surface area (Å²) in [6.07, 6.45) is -17.9. The number of hydrogen-bond acceptors (Lipinski definition) is 4. The second-order valence-electron chi connectivity index (χ2n) is 7.69. The SMILES string of the molecule is Nc1c(F)c(Oc2cc(Oc3c(F)c(N)c(C(F)(F)F)c(F)c3F)c(C(F)(F)F)c(F)c2F)c(F)c(F)c1C(F)(F)F. The molecule has 0 fully saturated rings. The van der Waals surface area contributed by atoms with Crippen molar-refractivity contribution < 1.29 is 84.1 Å². The lowest BCUT2D eigenvalue weighted by molar-refractivity contribution is -0.141. The van der Waals surface area contributed by atoms with Gasteiger partial charge in [-0.2, -0.15) is 52.7 Å². The van der Waals surface area contributed by atoms with Crippen molar-refractivity contribution in [3.05, 3.63) is 69.3 Å². The van der Waals surface area contributed by atoms with Crippen LogP contribution < -0.4 is 20.9 Å². The summed E-state index contributed by atoms with van der Waals surface area (Å²) in [4.78, 5) is 0. The van der Waals surface area contributed by atoms with E-state index in [4.69, 9.17) is 11.5 Å². The van der Waals surface area contributed by atoms with Crippen molar-refractivity contribution in [2.75, 3.05) is 11.5 Å². The van der Waals surface area contributed by atoms with Crippen molar-refractivity contribution in [2.24, 2.45) is 0 Å². The molecule has 230 valence electrons. The molecule has 0 atom stereocenters. The molecule has 4 nitrogen and oxygen atoms in total. The highest BCUT2D eigenvalue weighted by Crippen LogP contribution is 2.49. The lowest BCUT2D eigenvalue weighted by Gasteiger charge is -2.20. The van der Waals surface area contributed by atoms with E-state index in [1.807, 2.05) is 0 Å². The predicted octanol–water partition coefficient (Wildman–Crippen LogP) is 8.60. The maximum atomic E-state index is 14.5. The molecule has 0 aromatic heterocycles. The first-order valence-corrected chi connectivity index (χ1v) is 9.93. The first-order chi connectivity index (χ1) is 18.9. The average molecular weight is 640 g/mol. The van der Waals surface area contributed by atoms with Crippen molar-refractivity contribution in [2.45, 2.75) is 18.5 Å². The van der Waals surface area contributed by atoms with E-state index >= 15 is 0 Å². The van der Waals surface area contributed by atoms with Crippen molar-refractivity contribution in [1.82, 2.24) is 0 Å². The Morgan fingerprint density at radius 1 is 0.405 bits per heavy atom. The van der Waals surface area contributed by atoms with Crippen molar-refractivity contribution >= 4 is 11.4 Å². The molecular formula is C21H5F17N2O2. The summed E-state index contributed by atoms with van der Waals surface area (Å²) >= 11 is 0. The summed E-state index contributed by atoms with van der Waals surface area (Å²) in [5.74, 6) is -32.9. The van der Waals surface area contributed by atoms with E-state index in [9.17, 15) is 74.6 Å². The zero-order valence-electron chi connectivity index (χ0n) is 19.0. The molecule has 42 heavy (non-hydrogen) atoms. The van der Waals surface area contributed by atoms with Gasteiger partial charge in [0.15, 0.2) is 34.8 Å². The van der Waals surface area contributed by atoms with Gasteiger partial charge in [0.2, 0.25) is 29.0 Å². The van der Waals surface area contributed by atoms with Gasteiger partial charge in [-0.25, -0.2) is 22.0 Å². The number of benzene rings is 3. The summed E-state index contributed by atoms with van der Waals surface area (Å²) in [6, 6.07) is -0.628. The lowest BCUT2D eigenvalue weighted by Crippen LogP contribution is -2.17. The second-order valence-corrected chi connectivity index (χ2v) is 7.69. The first-order valence-electron chi connectivity index (χ1n) is 9.93. The fourth-order valence-corrected chi connectivity index (χ4v) is 3.27. The van der Waals surface area contributed by atoms with E-state index in [0.29, 0.717) is 0 Å². The zero-order valence-corrected chi connectivity index (χ0v) is 19.0. The topological polar surface area (TPSA) is 70.5 Å². The fourth-order valence-electron chi connectivity index (χ4n) is 3.27. The summed E-state index contributed by atoms with van der Waals surface area (Å²) in [7, 11) is 0. The molecule has 0 spiro atoms. The number of alkyl halides is 9. The molecule has 0 saturated heterocycles. The quantitative estimate of drug-likeness (QED) is 0.170. The second kappa shape index (κ2) is 10.2. The minimum atomic E-state index is -6.12. The first kappa shape index (κ1) is 32.2. The van der Waals surface area contributed by atoms with E-state index in [-0.39, 0.29) is 0 Å². The molecule has 0 saturated carbocycles. The molecule has 0 heterocycles. The molecule has 0 aliphatic rings. The number of halogens is 17. The Bertz CT molecular complexity index is 1530. The van der Waals surface area contributed by atoms with Crippen LogP contribution in [0.4, 0.5) is 86.0 Å². The number of nitrogen functional groups attached to an aromatic ring is 2. The predicted molar refractivity (Wildman–Crippen MR) is 103 cm³/mol. The molecule has 21 heteroatoms. The van der Waals surface area contributed by atoms with Gasteiger partial charge >= 0.3 is 18.5 Å². The molecule has 0 aliphatic carbocycles. The average Bonchev–Trinajstić information content (AvgIpc) is 2.82. The molecule has 3 aromatic rings. The normalized spacial score (nSPS) is 12.6. The maximum absolute atomic E-state index is 14.5. The van der Waals surface area contributed by atoms with Crippen molar-refractivity contribution in [3.63, 3.8) is 0 Å². The Morgan fingerprint density at radius 3 is 1.05 bits per heavy atom. The molecule has 4 N–H and O–H groups in total. The standard InChI is InChI=1S/C21H5F17N2O2/c22-7-3(42-18-12(27)10(25)6(21(36,37)38)16(40)14(18)29)1-2(4(8(7)23)19(30,31)32)41-17-11(26)9(24)5(20(33,34)35)15(39)13(17)28/h1H,39-40H2. The molecule has 3 aromatic carbocycles. The largest absolute Gasteiger partial charge is 0.450 e. The van der Waals surface area contributed by atoms with Gasteiger partial charge in [-0.05, 0) is 0 Å². The van der Waals surface area contributed by atoms with Gasteiger partial charge in [-0.3, -0.25) is 0 Å². The Kier molecular flexibility index (Phi) is 7.81. The van der Waals surface area contributed by atoms with Crippen LogP contribution in [0.15, 0.2) is 6.07 Å². The molecule has 3 rings (SSSR count). The van der Waals surface area contributed by atoms with Crippen LogP contribution in [0.5, 0.6) is 23.0 Å². The summed E-state index contributed by atoms with van der Waals surface area (Å²) in [6.45, 7) is 0. The van der Waals surface area contributed by atoms with Gasteiger partial charge in [0, 0.05) is 6.07 Å². The van der Waals surface area contributed by atoms with Gasteiger partial charge in [0.05, 0.1) is 11.4 Å². The Hall–Kier alpha value is -4.33. The van der Waals surface area contributed by atoms with E-state index in [1.54, 1.807) is 0 Å². The summed E-state index contributed by atoms with van der Waals surface area (Å²) < 4.78 is 240. The minimum absolute atomic E-state index is 0.628. The van der Waals surface area contributed by atoms with E-state index in [2.05, 4.69) is 9.47 Å². The highest BCUT2D eigenvalue weighted by Gasteiger charge is 2.45. The van der Waals surface area contributed by atoms with Crippen molar-refractivity contribution in [3.8, 4) is 23.0 Å². The van der Waals surface area contributed by atoms with Crippen LogP contribution in [-0.2, 0) is 18.5 Å². The van der Waals surface area contributed by atoms with Gasteiger partial charge in [-0.1, -0.05) is 0 Å². The fraction of sp³-hybridized carbons (Fsp3) is 0.143. The molecule has 0 bridgehead atoms. The zero-order chi connectivity index (χ0) is 32.4. The number of rotatable bonds is 4. The van der Waals surface area contributed by atoms with Crippen molar-refractivity contribution in [1.29, 1.82) is 0 Å². The third-order valence-corrected chi connectivity index (χ3v) is 5.04. The van der Waals surface area contributed by atoms with Crippen LogP contribution in [0.2, 0.25) is 0 Å². The van der Waals surface area contributed by atoms with E-state index in [0.717, 1.165) is 0 Å². The summed E-state index contributed by atoms with van der Waals surface area (Å²) in [5.41, 5.74) is -3.55. The Labute approximate surface area is 218 Å². The van der Waals surface area contributed by atoms with Gasteiger partial charge < -0.3 is 20.9 Å². The van der Waals surface area contributed by atoms with Crippen LogP contribution in [0.25, 0.3) is 0 Å². The monoisotopic (exact) mass is 640 g/mol. The van der Waals surface area contributed by atoms with Crippen LogP contribution in [-0.4, -0.2) is 0 Å². The highest BCUT2D eigenvalue weighted by molar-refractivity contribution is 5.59. The molecule has 0 radical (unpaired) electrons. The number of nitrogens with two attached hydrogens (primary N) is 2. The van der Waals surface area contributed by atoms with Crippen LogP contribution in [0.1, 0.15) is 16.7 Å². The smallest absolute Gasteiger partial charge is 0.422 e. The lowest BCUT2D eigenvalue weighted by atomic mass is 10.1. The van der Waals surface area contributed by atoms with Gasteiger partial charge in [-0.15, -0.1) is 0 Å². The van der Waals surface area contributed by atoms with Crippen LogP contribution >= 0.6 is 0 Å². The van der Waals surface area contributed by atoms with Gasteiger partial charge in [0.25, 0.3) is 0 Å². The van der Waals surface area contributed by atoms with Crippen LogP contribution in [0.3, 0.4) is 0 Å².